The van der Waals surface area contributed by atoms with Gasteiger partial charge in [0.05, 0.1) is 7.11 Å². The van der Waals surface area contributed by atoms with Gasteiger partial charge in [0.25, 0.3) is 0 Å². The van der Waals surface area contributed by atoms with E-state index in [-0.39, 0.29) is 6.61 Å². The third-order valence-corrected chi connectivity index (χ3v) is 5.42. The second-order valence-electron chi connectivity index (χ2n) is 6.58. The average Bonchev–Trinajstić information content (AvgIpc) is 3.32. The Morgan fingerprint density at radius 3 is 2.96 bits per heavy atom. The minimum atomic E-state index is -0.533. The van der Waals surface area contributed by atoms with Crippen molar-refractivity contribution >= 4 is 17.4 Å². The van der Waals surface area contributed by atoms with Gasteiger partial charge < -0.3 is 14.6 Å². The van der Waals surface area contributed by atoms with E-state index in [9.17, 15) is 5.11 Å². The molecule has 0 aliphatic carbocycles. The third kappa shape index (κ3) is 4.67. The lowest BCUT2D eigenvalue weighted by atomic mass is 10.1. The molecule has 0 spiro atoms. The topological polar surface area (TPSA) is 41.9 Å². The monoisotopic (exact) mass is 373 g/mol. The lowest BCUT2D eigenvalue weighted by Crippen LogP contribution is -2.35. The standard InChI is InChI=1S/C21H27NO3S/c1-3-5-16-7-8-20(21(12-16)24-2)25-14-18(23)13-22-10-4-6-19(22)17-9-11-26-15-17/h3,5,7-9,11-12,15,18-19,23H,4,6,10,13-14H2,1-2H3/b5-3+/t18-,19+/m1/s1. The van der Waals surface area contributed by atoms with Gasteiger partial charge in [0.1, 0.15) is 12.7 Å². The van der Waals surface area contributed by atoms with Gasteiger partial charge >= 0.3 is 0 Å². The first-order valence-electron chi connectivity index (χ1n) is 9.09. The van der Waals surface area contributed by atoms with E-state index in [1.165, 1.54) is 12.0 Å². The molecular formula is C21H27NO3S. The molecule has 0 amide bonds. The van der Waals surface area contributed by atoms with Crippen molar-refractivity contribution < 1.29 is 14.6 Å². The fourth-order valence-electron chi connectivity index (χ4n) is 3.50. The zero-order valence-electron chi connectivity index (χ0n) is 15.4. The molecule has 1 saturated heterocycles. The molecule has 2 atom stereocenters. The molecule has 140 valence electrons. The summed E-state index contributed by atoms with van der Waals surface area (Å²) in [7, 11) is 1.63. The summed E-state index contributed by atoms with van der Waals surface area (Å²) in [6.45, 7) is 3.89. The van der Waals surface area contributed by atoms with Crippen molar-refractivity contribution in [1.82, 2.24) is 4.90 Å². The summed E-state index contributed by atoms with van der Waals surface area (Å²) in [5, 5.41) is 14.8. The Balaban J connectivity index is 1.56. The van der Waals surface area contributed by atoms with Gasteiger partial charge in [-0.1, -0.05) is 18.2 Å². The first kappa shape index (κ1) is 19.0. The summed E-state index contributed by atoms with van der Waals surface area (Å²) in [5.41, 5.74) is 2.43. The SMILES string of the molecule is C/C=C/c1ccc(OC[C@H](O)CN2CCC[C@H]2c2ccsc2)c(OC)c1. The quantitative estimate of drug-likeness (QED) is 0.746. The van der Waals surface area contributed by atoms with Crippen LogP contribution in [0.25, 0.3) is 6.08 Å². The van der Waals surface area contributed by atoms with Crippen molar-refractivity contribution in [3.8, 4) is 11.5 Å². The molecule has 4 nitrogen and oxygen atoms in total. The summed E-state index contributed by atoms with van der Waals surface area (Å²) in [4.78, 5) is 2.36. The lowest BCUT2D eigenvalue weighted by Gasteiger charge is -2.26. The number of ether oxygens (including phenoxy) is 2. The summed E-state index contributed by atoms with van der Waals surface area (Å²) in [6.07, 6.45) is 5.80. The molecule has 1 aliphatic rings. The van der Waals surface area contributed by atoms with E-state index in [1.54, 1.807) is 18.4 Å². The highest BCUT2D eigenvalue weighted by Gasteiger charge is 2.28. The molecule has 5 heteroatoms. The van der Waals surface area contributed by atoms with E-state index >= 15 is 0 Å². The van der Waals surface area contributed by atoms with E-state index in [1.807, 2.05) is 37.3 Å². The van der Waals surface area contributed by atoms with E-state index in [0.29, 0.717) is 24.1 Å². The fraction of sp³-hybridized carbons (Fsp3) is 0.429. The van der Waals surface area contributed by atoms with E-state index < -0.39 is 6.10 Å². The number of aliphatic hydroxyl groups is 1. The third-order valence-electron chi connectivity index (χ3n) is 4.71. The Bertz CT molecular complexity index is 714. The molecule has 1 aromatic carbocycles. The predicted octanol–water partition coefficient (Wildman–Crippen LogP) is 4.37. The van der Waals surface area contributed by atoms with Crippen LogP contribution in [0, 0.1) is 0 Å². The minimum Gasteiger partial charge on any atom is -0.493 e. The zero-order valence-corrected chi connectivity index (χ0v) is 16.2. The maximum atomic E-state index is 10.5. The summed E-state index contributed by atoms with van der Waals surface area (Å²) in [5.74, 6) is 1.35. The van der Waals surface area contributed by atoms with Crippen LogP contribution in [0.1, 0.15) is 36.9 Å². The smallest absolute Gasteiger partial charge is 0.161 e. The highest BCUT2D eigenvalue weighted by molar-refractivity contribution is 7.07. The first-order valence-corrected chi connectivity index (χ1v) is 10.0. The second kappa shape index (κ2) is 9.21. The molecule has 1 N–H and O–H groups in total. The molecule has 2 heterocycles. The number of likely N-dealkylation sites (tertiary alicyclic amines) is 1. The normalized spacial score (nSPS) is 19.1. The molecule has 1 aromatic heterocycles. The average molecular weight is 374 g/mol. The number of nitrogens with zero attached hydrogens (tertiary/aromatic N) is 1. The molecule has 1 fully saturated rings. The van der Waals surface area contributed by atoms with Crippen LogP contribution < -0.4 is 9.47 Å². The Kier molecular flexibility index (Phi) is 6.72. The van der Waals surface area contributed by atoms with Gasteiger partial charge in [0, 0.05) is 12.6 Å². The van der Waals surface area contributed by atoms with Crippen molar-refractivity contribution in [2.45, 2.75) is 31.9 Å². The molecule has 0 unspecified atom stereocenters. The zero-order chi connectivity index (χ0) is 18.4. The van der Waals surface area contributed by atoms with E-state index in [0.717, 1.165) is 18.5 Å². The van der Waals surface area contributed by atoms with Gasteiger partial charge in [0.15, 0.2) is 11.5 Å². The summed E-state index contributed by atoms with van der Waals surface area (Å²) < 4.78 is 11.2. The molecule has 0 bridgehead atoms. The molecule has 3 rings (SSSR count). The highest BCUT2D eigenvalue weighted by Crippen LogP contribution is 2.33. The van der Waals surface area contributed by atoms with Crippen LogP contribution in [-0.4, -0.2) is 42.9 Å². The van der Waals surface area contributed by atoms with E-state index in [2.05, 4.69) is 21.7 Å². The predicted molar refractivity (Wildman–Crippen MR) is 107 cm³/mol. The first-order chi connectivity index (χ1) is 12.7. The van der Waals surface area contributed by atoms with E-state index in [4.69, 9.17) is 9.47 Å². The summed E-state index contributed by atoms with van der Waals surface area (Å²) >= 11 is 1.73. The van der Waals surface area contributed by atoms with Gasteiger partial charge in [-0.15, -0.1) is 0 Å². The Hall–Kier alpha value is -1.82. The fourth-order valence-corrected chi connectivity index (χ4v) is 4.20. The number of hydrogen-bond acceptors (Lipinski definition) is 5. The second-order valence-corrected chi connectivity index (χ2v) is 7.36. The number of β-amino-alcohol motifs (C(OH)–C–C–N with tert-alkyl or cyclic N) is 1. The maximum Gasteiger partial charge on any atom is 0.161 e. The van der Waals surface area contributed by atoms with Crippen LogP contribution >= 0.6 is 11.3 Å². The molecule has 0 saturated carbocycles. The van der Waals surface area contributed by atoms with Gasteiger partial charge in [-0.05, 0) is 66.4 Å². The number of allylic oxidation sites excluding steroid dienone is 1. The van der Waals surface area contributed by atoms with Crippen molar-refractivity contribution in [2.75, 3.05) is 26.8 Å². The maximum absolute atomic E-state index is 10.5. The number of benzene rings is 1. The van der Waals surface area contributed by atoms with Gasteiger partial charge in [-0.3, -0.25) is 4.90 Å². The van der Waals surface area contributed by atoms with Crippen LogP contribution in [0.2, 0.25) is 0 Å². The largest absolute Gasteiger partial charge is 0.493 e. The summed E-state index contributed by atoms with van der Waals surface area (Å²) in [6, 6.07) is 8.43. The van der Waals surface area contributed by atoms with Crippen molar-refractivity contribution in [3.63, 3.8) is 0 Å². The van der Waals surface area contributed by atoms with Crippen molar-refractivity contribution in [1.29, 1.82) is 0 Å². The van der Waals surface area contributed by atoms with Crippen LogP contribution in [0.3, 0.4) is 0 Å². The van der Waals surface area contributed by atoms with Crippen LogP contribution in [-0.2, 0) is 0 Å². The van der Waals surface area contributed by atoms with Crippen LogP contribution in [0.15, 0.2) is 41.1 Å². The Morgan fingerprint density at radius 1 is 1.35 bits per heavy atom. The highest BCUT2D eigenvalue weighted by atomic mass is 32.1. The number of hydrogen-bond donors (Lipinski definition) is 1. The number of rotatable bonds is 8. The lowest BCUT2D eigenvalue weighted by molar-refractivity contribution is 0.0630. The molecule has 26 heavy (non-hydrogen) atoms. The molecule has 0 radical (unpaired) electrons. The number of thiophene rings is 1. The molecular weight excluding hydrogens is 346 g/mol. The van der Waals surface area contributed by atoms with Crippen molar-refractivity contribution in [3.05, 3.63) is 52.2 Å². The number of methoxy groups -OCH3 is 1. The Morgan fingerprint density at radius 2 is 2.23 bits per heavy atom. The molecule has 1 aliphatic heterocycles. The van der Waals surface area contributed by atoms with Crippen LogP contribution in [0.4, 0.5) is 0 Å². The van der Waals surface area contributed by atoms with Gasteiger partial charge in [-0.2, -0.15) is 11.3 Å². The Labute approximate surface area is 159 Å². The van der Waals surface area contributed by atoms with Gasteiger partial charge in [-0.25, -0.2) is 0 Å². The van der Waals surface area contributed by atoms with Crippen molar-refractivity contribution in [2.24, 2.45) is 0 Å². The number of aliphatic hydroxyl groups excluding tert-OH is 1. The van der Waals surface area contributed by atoms with Gasteiger partial charge in [0.2, 0.25) is 0 Å². The molecule has 2 aromatic rings. The minimum absolute atomic E-state index is 0.256. The van der Waals surface area contributed by atoms with Crippen LogP contribution in [0.5, 0.6) is 11.5 Å².